The standard InChI is InChI=1S/C26H33NO3Si/c1-19-23(27-25(29-19)20-12-8-7-9-13-20)16-17-24(30-31(5,6)26(2,3)4)22-15-11-10-14-21(22)18-28/h7-15,18,24H,16-17H2,1-6H3. The Hall–Kier alpha value is -2.50. The van der Waals surface area contributed by atoms with Gasteiger partial charge < -0.3 is 8.84 Å². The van der Waals surface area contributed by atoms with Gasteiger partial charge in [0.2, 0.25) is 5.89 Å². The summed E-state index contributed by atoms with van der Waals surface area (Å²) in [6.07, 6.45) is 2.21. The fraction of sp³-hybridized carbons (Fsp3) is 0.385. The molecule has 0 spiro atoms. The smallest absolute Gasteiger partial charge is 0.226 e. The molecular weight excluding hydrogens is 402 g/mol. The summed E-state index contributed by atoms with van der Waals surface area (Å²) in [6, 6.07) is 17.7. The summed E-state index contributed by atoms with van der Waals surface area (Å²) in [5.41, 5.74) is 3.54. The van der Waals surface area contributed by atoms with Crippen molar-refractivity contribution < 1.29 is 13.6 Å². The molecule has 3 aromatic rings. The van der Waals surface area contributed by atoms with E-state index in [-0.39, 0.29) is 11.1 Å². The maximum Gasteiger partial charge on any atom is 0.226 e. The van der Waals surface area contributed by atoms with Crippen LogP contribution in [0.5, 0.6) is 0 Å². The van der Waals surface area contributed by atoms with Crippen molar-refractivity contribution in [2.24, 2.45) is 0 Å². The molecule has 0 amide bonds. The third-order valence-corrected chi connectivity index (χ3v) is 10.8. The number of oxazole rings is 1. The number of carbonyl (C=O) groups excluding carboxylic acids is 1. The van der Waals surface area contributed by atoms with Crippen molar-refractivity contribution in [3.05, 3.63) is 77.2 Å². The topological polar surface area (TPSA) is 52.3 Å². The Balaban J connectivity index is 1.87. The molecule has 1 aromatic heterocycles. The molecule has 0 fully saturated rings. The minimum absolute atomic E-state index is 0.0751. The summed E-state index contributed by atoms with van der Waals surface area (Å²) in [7, 11) is -2.05. The van der Waals surface area contributed by atoms with Crippen LogP contribution in [0, 0.1) is 6.92 Å². The molecule has 1 atom stereocenters. The summed E-state index contributed by atoms with van der Waals surface area (Å²) < 4.78 is 12.7. The van der Waals surface area contributed by atoms with E-state index >= 15 is 0 Å². The Bertz CT molecular complexity index is 1020. The van der Waals surface area contributed by atoms with E-state index in [0.29, 0.717) is 17.9 Å². The molecule has 1 unspecified atom stereocenters. The average Bonchev–Trinajstić information content (AvgIpc) is 3.11. The molecule has 31 heavy (non-hydrogen) atoms. The van der Waals surface area contributed by atoms with Crippen molar-refractivity contribution in [1.82, 2.24) is 4.98 Å². The van der Waals surface area contributed by atoms with Gasteiger partial charge in [0.15, 0.2) is 8.32 Å². The van der Waals surface area contributed by atoms with Crippen molar-refractivity contribution in [2.45, 2.75) is 64.8 Å². The van der Waals surface area contributed by atoms with E-state index in [2.05, 4.69) is 33.9 Å². The van der Waals surface area contributed by atoms with E-state index in [9.17, 15) is 4.79 Å². The molecule has 0 radical (unpaired) electrons. The van der Waals surface area contributed by atoms with Gasteiger partial charge in [-0.2, -0.15) is 0 Å². The lowest BCUT2D eigenvalue weighted by atomic mass is 9.99. The molecule has 0 aliphatic carbocycles. The first kappa shape index (κ1) is 23.2. The summed E-state index contributed by atoms with van der Waals surface area (Å²) in [5, 5.41) is 0.0751. The van der Waals surface area contributed by atoms with Crippen molar-refractivity contribution in [1.29, 1.82) is 0 Å². The molecule has 0 saturated heterocycles. The third-order valence-electron chi connectivity index (χ3n) is 6.27. The Morgan fingerprint density at radius 2 is 1.71 bits per heavy atom. The zero-order valence-electron chi connectivity index (χ0n) is 19.4. The highest BCUT2D eigenvalue weighted by molar-refractivity contribution is 6.74. The van der Waals surface area contributed by atoms with Crippen LogP contribution in [0.4, 0.5) is 0 Å². The minimum atomic E-state index is -2.05. The van der Waals surface area contributed by atoms with Crippen LogP contribution >= 0.6 is 0 Å². The zero-order valence-corrected chi connectivity index (χ0v) is 20.4. The molecule has 0 N–H and O–H groups in total. The monoisotopic (exact) mass is 435 g/mol. The van der Waals surface area contributed by atoms with Gasteiger partial charge in [-0.05, 0) is 55.6 Å². The van der Waals surface area contributed by atoms with Crippen LogP contribution in [0.1, 0.15) is 60.7 Å². The molecule has 3 rings (SSSR count). The molecule has 4 nitrogen and oxygen atoms in total. The molecule has 0 bridgehead atoms. The van der Waals surface area contributed by atoms with Crippen molar-refractivity contribution in [3.63, 3.8) is 0 Å². The number of hydrogen-bond acceptors (Lipinski definition) is 4. The van der Waals surface area contributed by atoms with Crippen LogP contribution in [0.25, 0.3) is 11.5 Å². The number of rotatable bonds is 8. The molecule has 2 aromatic carbocycles. The van der Waals surface area contributed by atoms with E-state index in [1.54, 1.807) is 0 Å². The van der Waals surface area contributed by atoms with Gasteiger partial charge in [-0.25, -0.2) is 4.98 Å². The van der Waals surface area contributed by atoms with Gasteiger partial charge in [-0.3, -0.25) is 4.79 Å². The molecule has 0 aliphatic rings. The second-order valence-corrected chi connectivity index (χ2v) is 14.3. The van der Waals surface area contributed by atoms with E-state index in [0.717, 1.165) is 35.3 Å². The normalized spacial score (nSPS) is 13.2. The quantitative estimate of drug-likeness (QED) is 0.278. The maximum absolute atomic E-state index is 11.7. The zero-order chi connectivity index (χ0) is 22.6. The second kappa shape index (κ2) is 9.33. The second-order valence-electron chi connectivity index (χ2n) is 9.54. The van der Waals surface area contributed by atoms with Crippen molar-refractivity contribution in [2.75, 3.05) is 0 Å². The first-order valence-electron chi connectivity index (χ1n) is 10.9. The lowest BCUT2D eigenvalue weighted by molar-refractivity contribution is 0.111. The first-order chi connectivity index (χ1) is 14.6. The Morgan fingerprint density at radius 3 is 2.35 bits per heavy atom. The van der Waals surface area contributed by atoms with E-state index in [1.807, 2.05) is 61.5 Å². The van der Waals surface area contributed by atoms with E-state index < -0.39 is 8.32 Å². The van der Waals surface area contributed by atoms with Crippen LogP contribution in [0.15, 0.2) is 59.0 Å². The van der Waals surface area contributed by atoms with Gasteiger partial charge in [0.05, 0.1) is 11.8 Å². The number of aromatic nitrogens is 1. The highest BCUT2D eigenvalue weighted by atomic mass is 28.4. The summed E-state index contributed by atoms with van der Waals surface area (Å²) in [5.74, 6) is 1.47. The predicted molar refractivity (Wildman–Crippen MR) is 128 cm³/mol. The van der Waals surface area contributed by atoms with Gasteiger partial charge in [0, 0.05) is 11.1 Å². The SMILES string of the molecule is Cc1oc(-c2ccccc2)nc1CCC(O[Si](C)(C)C(C)(C)C)c1ccccc1C=O. The summed E-state index contributed by atoms with van der Waals surface area (Å²) >= 11 is 0. The maximum atomic E-state index is 11.7. The molecule has 0 aliphatic heterocycles. The van der Waals surface area contributed by atoms with Gasteiger partial charge in [0.25, 0.3) is 0 Å². The van der Waals surface area contributed by atoms with E-state index in [4.69, 9.17) is 13.8 Å². The molecule has 164 valence electrons. The number of aldehydes is 1. The number of nitrogens with zero attached hydrogens (tertiary/aromatic N) is 1. The average molecular weight is 436 g/mol. The van der Waals surface area contributed by atoms with E-state index in [1.165, 1.54) is 0 Å². The largest absolute Gasteiger partial charge is 0.441 e. The third kappa shape index (κ3) is 5.41. The summed E-state index contributed by atoms with van der Waals surface area (Å²) in [4.78, 5) is 16.5. The van der Waals surface area contributed by atoms with Crippen molar-refractivity contribution >= 4 is 14.6 Å². The van der Waals surface area contributed by atoms with Crippen molar-refractivity contribution in [3.8, 4) is 11.5 Å². The highest BCUT2D eigenvalue weighted by Gasteiger charge is 2.39. The van der Waals surface area contributed by atoms with Crippen LogP contribution in [0.3, 0.4) is 0 Å². The van der Waals surface area contributed by atoms with Crippen LogP contribution in [0.2, 0.25) is 18.1 Å². The summed E-state index contributed by atoms with van der Waals surface area (Å²) in [6.45, 7) is 13.1. The Labute approximate surface area is 186 Å². The van der Waals surface area contributed by atoms with Crippen LogP contribution in [-0.2, 0) is 10.8 Å². The van der Waals surface area contributed by atoms with Crippen LogP contribution < -0.4 is 0 Å². The lowest BCUT2D eigenvalue weighted by Gasteiger charge is -2.39. The predicted octanol–water partition coefficient (Wildman–Crippen LogP) is 7.16. The Kier molecular flexibility index (Phi) is 6.97. The fourth-order valence-corrected chi connectivity index (χ4v) is 4.66. The molecule has 1 heterocycles. The van der Waals surface area contributed by atoms with Crippen LogP contribution in [-0.4, -0.2) is 19.6 Å². The molecule has 5 heteroatoms. The molecular formula is C26H33NO3Si. The van der Waals surface area contributed by atoms with Gasteiger partial charge in [0.1, 0.15) is 12.0 Å². The first-order valence-corrected chi connectivity index (χ1v) is 13.8. The number of hydrogen-bond donors (Lipinski definition) is 0. The number of benzene rings is 2. The highest BCUT2D eigenvalue weighted by Crippen LogP contribution is 2.41. The molecule has 0 saturated carbocycles. The Morgan fingerprint density at radius 1 is 1.06 bits per heavy atom. The van der Waals surface area contributed by atoms with Gasteiger partial charge >= 0.3 is 0 Å². The van der Waals surface area contributed by atoms with Gasteiger partial charge in [-0.1, -0.05) is 63.2 Å². The minimum Gasteiger partial charge on any atom is -0.441 e. The number of carbonyl (C=O) groups is 1. The number of aryl methyl sites for hydroxylation is 2. The lowest BCUT2D eigenvalue weighted by Crippen LogP contribution is -2.42. The van der Waals surface area contributed by atoms with Gasteiger partial charge in [-0.15, -0.1) is 0 Å². The fourth-order valence-electron chi connectivity index (χ4n) is 3.35.